The van der Waals surface area contributed by atoms with Gasteiger partial charge in [-0.1, -0.05) is 17.7 Å². The molecule has 4 rings (SSSR count). The Labute approximate surface area is 204 Å². The minimum atomic E-state index is -4.79. The molecule has 0 spiro atoms. The molecule has 0 atom stereocenters. The van der Waals surface area contributed by atoms with Gasteiger partial charge in [0.05, 0.1) is 17.1 Å². The molecule has 35 heavy (non-hydrogen) atoms. The van der Waals surface area contributed by atoms with Crippen LogP contribution < -0.4 is 10.2 Å². The summed E-state index contributed by atoms with van der Waals surface area (Å²) in [5.41, 5.74) is 0.127. The van der Waals surface area contributed by atoms with Crippen molar-refractivity contribution in [2.45, 2.75) is 39.2 Å². The molecule has 0 saturated carbocycles. The monoisotopic (exact) mass is 505 g/mol. The Kier molecular flexibility index (Phi) is 6.70. The number of fused-ring (bicyclic) bond motifs is 1. The second-order valence-corrected chi connectivity index (χ2v) is 8.80. The Morgan fingerprint density at radius 2 is 2.03 bits per heavy atom. The van der Waals surface area contributed by atoms with E-state index in [1.807, 2.05) is 25.8 Å². The Balaban J connectivity index is 1.52. The zero-order chi connectivity index (χ0) is 25.3. The number of aromatic amines is 1. The number of alkyl halides is 3. The standard InChI is InChI=1S/C23H23ClF3N7O/c1-13(2)33(3)19-5-4-14(7-28-19)11-34-12-18(20(32-34)23(25,26)27)22(35)31-9-15-8-29-21-17(15)6-16(24)10-30-21/h4-8,10,12-13H,9,11H2,1-3H3,(H,29,30)(H,31,35). The molecule has 2 aromatic heterocycles. The molecule has 0 saturated heterocycles. The first-order chi connectivity index (χ1) is 16.5. The number of rotatable bonds is 7. The van der Waals surface area contributed by atoms with Crippen molar-refractivity contribution in [1.82, 2.24) is 30.0 Å². The van der Waals surface area contributed by atoms with Crippen LogP contribution >= 0.6 is 11.6 Å². The molecule has 4 heterocycles. The van der Waals surface area contributed by atoms with Crippen LogP contribution in [0.5, 0.6) is 0 Å². The van der Waals surface area contributed by atoms with E-state index in [2.05, 4.69) is 25.4 Å². The van der Waals surface area contributed by atoms with Gasteiger partial charge in [0.15, 0.2) is 5.69 Å². The number of hydrogen-bond donors (Lipinski definition) is 2. The van der Waals surface area contributed by atoms with Crippen LogP contribution in [0.4, 0.5) is 19.0 Å². The van der Waals surface area contributed by atoms with Crippen molar-refractivity contribution in [3.63, 3.8) is 0 Å². The Hall–Kier alpha value is -3.60. The lowest BCUT2D eigenvalue weighted by molar-refractivity contribution is -0.141. The molecule has 0 unspecified atom stereocenters. The third-order valence-corrected chi connectivity index (χ3v) is 5.80. The lowest BCUT2D eigenvalue weighted by atomic mass is 10.1. The van der Waals surface area contributed by atoms with Gasteiger partial charge in [0.1, 0.15) is 11.6 Å². The lowest BCUT2D eigenvalue weighted by Crippen LogP contribution is -2.26. The molecule has 0 bridgehead atoms. The second kappa shape index (κ2) is 9.57. The highest BCUT2D eigenvalue weighted by molar-refractivity contribution is 6.30. The summed E-state index contributed by atoms with van der Waals surface area (Å²) < 4.78 is 42.0. The molecule has 2 N–H and O–H groups in total. The molecule has 0 aromatic carbocycles. The molecule has 184 valence electrons. The first kappa shape index (κ1) is 24.5. The number of anilines is 1. The summed E-state index contributed by atoms with van der Waals surface area (Å²) in [7, 11) is 1.90. The van der Waals surface area contributed by atoms with Gasteiger partial charge < -0.3 is 15.2 Å². The highest BCUT2D eigenvalue weighted by Crippen LogP contribution is 2.31. The molecule has 2 aromatic rings. The van der Waals surface area contributed by atoms with E-state index in [1.165, 1.54) is 6.20 Å². The van der Waals surface area contributed by atoms with Crippen molar-refractivity contribution in [2.75, 3.05) is 11.9 Å². The smallest absolute Gasteiger partial charge is 0.357 e. The van der Waals surface area contributed by atoms with Crippen LogP contribution in [-0.2, 0) is 19.3 Å². The van der Waals surface area contributed by atoms with Crippen molar-refractivity contribution in [1.29, 1.82) is 0 Å². The average Bonchev–Trinajstić information content (AvgIpc) is 3.41. The van der Waals surface area contributed by atoms with Gasteiger partial charge in [-0.2, -0.15) is 18.3 Å². The summed E-state index contributed by atoms with van der Waals surface area (Å²) in [5, 5.41) is 6.62. The predicted octanol–water partition coefficient (Wildman–Crippen LogP) is 4.60. The van der Waals surface area contributed by atoms with Crippen LogP contribution in [-0.4, -0.2) is 43.7 Å². The third-order valence-electron chi connectivity index (χ3n) is 5.58. The SMILES string of the molecule is CC(C)N(C)c1ccc(Cn2cc(C(=O)NCc3cnc4[nH]cc(Cl)cc3-4)c(C(F)(F)F)n2)cn1. The van der Waals surface area contributed by atoms with Crippen LogP contribution in [0.25, 0.3) is 11.4 Å². The fourth-order valence-corrected chi connectivity index (χ4v) is 3.65. The van der Waals surface area contributed by atoms with E-state index in [9.17, 15) is 18.0 Å². The maximum Gasteiger partial charge on any atom is 0.435 e. The zero-order valence-corrected chi connectivity index (χ0v) is 19.9. The third kappa shape index (κ3) is 5.40. The number of nitrogens with zero attached hydrogens (tertiary/aromatic N) is 5. The van der Waals surface area contributed by atoms with Gasteiger partial charge in [0, 0.05) is 55.5 Å². The first-order valence-corrected chi connectivity index (χ1v) is 11.1. The van der Waals surface area contributed by atoms with E-state index in [0.29, 0.717) is 27.5 Å². The van der Waals surface area contributed by atoms with Crippen LogP contribution in [0.3, 0.4) is 0 Å². The molecular weight excluding hydrogens is 483 g/mol. The first-order valence-electron chi connectivity index (χ1n) is 10.7. The molecule has 0 aliphatic carbocycles. The normalized spacial score (nSPS) is 11.9. The average molecular weight is 506 g/mol. The number of halogens is 4. The number of nitrogens with one attached hydrogen (secondary N) is 2. The Bertz CT molecular complexity index is 1300. The number of hydrogen-bond acceptors (Lipinski definition) is 5. The summed E-state index contributed by atoms with van der Waals surface area (Å²) in [6.07, 6.45) is 0.974. The molecule has 2 aliphatic heterocycles. The van der Waals surface area contributed by atoms with Gasteiger partial charge in [-0.15, -0.1) is 0 Å². The minimum Gasteiger partial charge on any atom is -0.357 e. The Morgan fingerprint density at radius 3 is 2.69 bits per heavy atom. The lowest BCUT2D eigenvalue weighted by Gasteiger charge is -2.22. The molecule has 12 heteroatoms. The van der Waals surface area contributed by atoms with Crippen molar-refractivity contribution < 1.29 is 18.0 Å². The summed E-state index contributed by atoms with van der Waals surface area (Å²) in [5.74, 6) is 0.409. The summed E-state index contributed by atoms with van der Waals surface area (Å²) in [6, 6.07) is 5.47. The van der Waals surface area contributed by atoms with E-state index in [4.69, 9.17) is 11.6 Å². The van der Waals surface area contributed by atoms with Gasteiger partial charge in [-0.05, 0) is 31.5 Å². The maximum absolute atomic E-state index is 13.6. The highest BCUT2D eigenvalue weighted by Gasteiger charge is 2.39. The Morgan fingerprint density at radius 1 is 1.26 bits per heavy atom. The topological polar surface area (TPSA) is 91.7 Å². The number of carbonyl (C=O) groups excluding carboxylic acids is 1. The number of aromatic nitrogens is 5. The molecule has 8 nitrogen and oxygen atoms in total. The maximum atomic E-state index is 13.6. The van der Waals surface area contributed by atoms with Crippen molar-refractivity contribution in [2.24, 2.45) is 0 Å². The largest absolute Gasteiger partial charge is 0.435 e. The van der Waals surface area contributed by atoms with E-state index in [-0.39, 0.29) is 19.1 Å². The predicted molar refractivity (Wildman–Crippen MR) is 125 cm³/mol. The molecule has 1 amide bonds. The number of H-pyrrole nitrogens is 1. The van der Waals surface area contributed by atoms with Crippen LogP contribution in [0.2, 0.25) is 5.02 Å². The van der Waals surface area contributed by atoms with Crippen molar-refractivity contribution >= 4 is 23.3 Å². The van der Waals surface area contributed by atoms with Crippen LogP contribution in [0.15, 0.2) is 43.0 Å². The molecular formula is C23H23ClF3N7O. The van der Waals surface area contributed by atoms with E-state index in [1.54, 1.807) is 30.6 Å². The van der Waals surface area contributed by atoms with Crippen LogP contribution in [0, 0.1) is 0 Å². The zero-order valence-electron chi connectivity index (χ0n) is 19.2. The quantitative estimate of drug-likeness (QED) is 0.383. The van der Waals surface area contributed by atoms with E-state index in [0.717, 1.165) is 16.7 Å². The molecule has 2 aliphatic rings. The summed E-state index contributed by atoms with van der Waals surface area (Å²) >= 11 is 5.99. The van der Waals surface area contributed by atoms with Crippen molar-refractivity contribution in [3.05, 3.63) is 70.4 Å². The number of amides is 1. The fraction of sp³-hybridized carbons (Fsp3) is 0.304. The van der Waals surface area contributed by atoms with Crippen LogP contribution in [0.1, 0.15) is 41.0 Å². The number of pyridine rings is 2. The summed E-state index contributed by atoms with van der Waals surface area (Å²) in [6.45, 7) is 4.05. The van der Waals surface area contributed by atoms with Gasteiger partial charge in [-0.25, -0.2) is 9.97 Å². The fourth-order valence-electron chi connectivity index (χ4n) is 3.49. The number of carbonyl (C=O) groups is 1. The van der Waals surface area contributed by atoms with Crippen molar-refractivity contribution in [3.8, 4) is 11.4 Å². The molecule has 0 radical (unpaired) electrons. The highest BCUT2D eigenvalue weighted by atomic mass is 35.5. The summed E-state index contributed by atoms with van der Waals surface area (Å²) in [4.78, 5) is 26.1. The van der Waals surface area contributed by atoms with E-state index >= 15 is 0 Å². The van der Waals surface area contributed by atoms with Gasteiger partial charge in [-0.3, -0.25) is 9.48 Å². The van der Waals surface area contributed by atoms with E-state index < -0.39 is 23.3 Å². The molecule has 0 fully saturated rings. The van der Waals surface area contributed by atoms with Gasteiger partial charge >= 0.3 is 6.18 Å². The van der Waals surface area contributed by atoms with Gasteiger partial charge in [0.25, 0.3) is 5.91 Å². The minimum absolute atomic E-state index is 0.0270. The van der Waals surface area contributed by atoms with Gasteiger partial charge in [0.2, 0.25) is 0 Å². The second-order valence-electron chi connectivity index (χ2n) is 8.36.